The highest BCUT2D eigenvalue weighted by Gasteiger charge is 2.30. The topological polar surface area (TPSA) is 29.5 Å². The molecule has 0 aliphatic rings. The van der Waals surface area contributed by atoms with Crippen LogP contribution in [0.25, 0.3) is 0 Å². The number of aliphatic hydroxyl groups is 1. The molecule has 1 aromatic heterocycles. The normalized spacial score (nSPS) is 15.5. The maximum Gasteiger partial charge on any atom is 0.0906 e. The van der Waals surface area contributed by atoms with Crippen LogP contribution in [-0.4, -0.2) is 24.4 Å². The summed E-state index contributed by atoms with van der Waals surface area (Å²) in [6.45, 7) is 4.48. The lowest BCUT2D eigenvalue weighted by molar-refractivity contribution is -0.0695. The van der Waals surface area contributed by atoms with Crippen LogP contribution in [0.5, 0.6) is 0 Å². The summed E-state index contributed by atoms with van der Waals surface area (Å²) < 4.78 is 5.09. The molecule has 2 nitrogen and oxygen atoms in total. The number of aryl methyl sites for hydroxylation is 1. The summed E-state index contributed by atoms with van der Waals surface area (Å²) in [5.41, 5.74) is -0.696. The Labute approximate surface area is 95.9 Å². The van der Waals surface area contributed by atoms with Crippen LogP contribution < -0.4 is 0 Å². The van der Waals surface area contributed by atoms with E-state index in [1.165, 1.54) is 4.88 Å². The smallest absolute Gasteiger partial charge is 0.0906 e. The van der Waals surface area contributed by atoms with Gasteiger partial charge in [0.1, 0.15) is 0 Å². The van der Waals surface area contributed by atoms with Crippen LogP contribution >= 0.6 is 11.3 Å². The number of methoxy groups -OCH3 is 1. The van der Waals surface area contributed by atoms with Crippen LogP contribution in [0, 0.1) is 5.92 Å². The largest absolute Gasteiger partial charge is 0.387 e. The maximum absolute atomic E-state index is 10.4. The molecule has 0 saturated heterocycles. The second-order valence-electron chi connectivity index (χ2n) is 4.27. The number of ether oxygens (including phenoxy) is 1. The minimum Gasteiger partial charge on any atom is -0.387 e. The van der Waals surface area contributed by atoms with Gasteiger partial charge < -0.3 is 9.84 Å². The van der Waals surface area contributed by atoms with Crippen LogP contribution in [0.1, 0.15) is 25.1 Å². The minimum absolute atomic E-state index is 0.220. The van der Waals surface area contributed by atoms with Gasteiger partial charge in [0.25, 0.3) is 0 Å². The highest BCUT2D eigenvalue weighted by molar-refractivity contribution is 7.09. The molecule has 0 amide bonds. The first kappa shape index (κ1) is 12.7. The van der Waals surface area contributed by atoms with E-state index in [1.54, 1.807) is 18.4 Å². The van der Waals surface area contributed by atoms with Crippen molar-refractivity contribution < 1.29 is 9.84 Å². The number of rotatable bonds is 6. The predicted octanol–water partition coefficient (Wildman–Crippen LogP) is 2.71. The van der Waals surface area contributed by atoms with Crippen LogP contribution in [0.15, 0.2) is 17.5 Å². The molecule has 3 heteroatoms. The first-order valence-corrected chi connectivity index (χ1v) is 6.20. The summed E-state index contributed by atoms with van der Waals surface area (Å²) in [4.78, 5) is 1.32. The van der Waals surface area contributed by atoms with Gasteiger partial charge in [0.15, 0.2) is 0 Å². The van der Waals surface area contributed by atoms with Crippen molar-refractivity contribution in [2.45, 2.75) is 32.3 Å². The highest BCUT2D eigenvalue weighted by Crippen LogP contribution is 2.24. The van der Waals surface area contributed by atoms with E-state index in [4.69, 9.17) is 4.74 Å². The summed E-state index contributed by atoms with van der Waals surface area (Å²) >= 11 is 1.74. The van der Waals surface area contributed by atoms with Gasteiger partial charge in [-0.25, -0.2) is 0 Å². The average Bonchev–Trinajstić information content (AvgIpc) is 2.67. The van der Waals surface area contributed by atoms with E-state index in [0.29, 0.717) is 6.61 Å². The molecule has 15 heavy (non-hydrogen) atoms. The van der Waals surface area contributed by atoms with E-state index in [2.05, 4.69) is 11.4 Å². The Hall–Kier alpha value is -0.380. The van der Waals surface area contributed by atoms with E-state index >= 15 is 0 Å². The predicted molar refractivity (Wildman–Crippen MR) is 64.3 cm³/mol. The Morgan fingerprint density at radius 1 is 1.53 bits per heavy atom. The summed E-state index contributed by atoms with van der Waals surface area (Å²) in [5.74, 6) is 0.220. The fourth-order valence-electron chi connectivity index (χ4n) is 1.57. The van der Waals surface area contributed by atoms with Gasteiger partial charge in [-0.2, -0.15) is 0 Å². The minimum atomic E-state index is -0.696. The Morgan fingerprint density at radius 3 is 2.73 bits per heavy atom. The van der Waals surface area contributed by atoms with E-state index in [-0.39, 0.29) is 5.92 Å². The molecule has 0 aromatic carbocycles. The van der Waals surface area contributed by atoms with Gasteiger partial charge in [0.2, 0.25) is 0 Å². The zero-order chi connectivity index (χ0) is 11.3. The Balaban J connectivity index is 2.52. The molecule has 1 heterocycles. The van der Waals surface area contributed by atoms with Gasteiger partial charge in [-0.3, -0.25) is 0 Å². The van der Waals surface area contributed by atoms with Crippen LogP contribution in [0.4, 0.5) is 0 Å². The molecule has 1 N–H and O–H groups in total. The highest BCUT2D eigenvalue weighted by atomic mass is 32.1. The van der Waals surface area contributed by atoms with E-state index < -0.39 is 5.60 Å². The third-order valence-electron chi connectivity index (χ3n) is 2.85. The van der Waals surface area contributed by atoms with Gasteiger partial charge in [0.05, 0.1) is 12.2 Å². The molecule has 1 aromatic rings. The molecule has 0 fully saturated rings. The monoisotopic (exact) mass is 228 g/mol. The lowest BCUT2D eigenvalue weighted by atomic mass is 9.86. The fraction of sp³-hybridized carbons (Fsp3) is 0.667. The number of hydrogen-bond acceptors (Lipinski definition) is 3. The SMILES string of the molecule is COCC(O)(CCc1cccs1)C(C)C. The van der Waals surface area contributed by atoms with Crippen LogP contribution in [-0.2, 0) is 11.2 Å². The summed E-state index contributed by atoms with van der Waals surface area (Å²) in [6, 6.07) is 4.16. The Bertz CT molecular complexity index is 269. The zero-order valence-electron chi connectivity index (χ0n) is 9.69. The molecule has 0 aliphatic heterocycles. The Kier molecular flexibility index (Phi) is 4.77. The number of hydrogen-bond donors (Lipinski definition) is 1. The molecule has 1 atom stereocenters. The molecule has 0 saturated carbocycles. The van der Waals surface area contributed by atoms with Gasteiger partial charge in [-0.15, -0.1) is 11.3 Å². The molecular weight excluding hydrogens is 208 g/mol. The second kappa shape index (κ2) is 5.64. The van der Waals surface area contributed by atoms with Crippen molar-refractivity contribution in [3.63, 3.8) is 0 Å². The quantitative estimate of drug-likeness (QED) is 0.811. The lowest BCUT2D eigenvalue weighted by Gasteiger charge is -2.31. The van der Waals surface area contributed by atoms with Gasteiger partial charge in [0, 0.05) is 12.0 Å². The molecule has 0 bridgehead atoms. The van der Waals surface area contributed by atoms with Crippen molar-refractivity contribution in [2.75, 3.05) is 13.7 Å². The average molecular weight is 228 g/mol. The van der Waals surface area contributed by atoms with Crippen molar-refractivity contribution in [3.8, 4) is 0 Å². The first-order valence-electron chi connectivity index (χ1n) is 5.32. The van der Waals surface area contributed by atoms with Crippen molar-refractivity contribution in [3.05, 3.63) is 22.4 Å². The standard InChI is InChI=1S/C12H20O2S/c1-10(2)12(13,9-14-3)7-6-11-5-4-8-15-11/h4-5,8,10,13H,6-7,9H2,1-3H3. The van der Waals surface area contributed by atoms with Crippen LogP contribution in [0.2, 0.25) is 0 Å². The van der Waals surface area contributed by atoms with E-state index in [9.17, 15) is 5.11 Å². The molecule has 1 rings (SSSR count). The van der Waals surface area contributed by atoms with Crippen LogP contribution in [0.3, 0.4) is 0 Å². The van der Waals surface area contributed by atoms with E-state index in [1.807, 2.05) is 19.9 Å². The second-order valence-corrected chi connectivity index (χ2v) is 5.30. The van der Waals surface area contributed by atoms with Gasteiger partial charge in [-0.1, -0.05) is 19.9 Å². The van der Waals surface area contributed by atoms with Crippen molar-refractivity contribution in [1.82, 2.24) is 0 Å². The van der Waals surface area contributed by atoms with Gasteiger partial charge >= 0.3 is 0 Å². The fourth-order valence-corrected chi connectivity index (χ4v) is 2.28. The van der Waals surface area contributed by atoms with Crippen molar-refractivity contribution >= 4 is 11.3 Å². The first-order chi connectivity index (χ1) is 7.08. The molecular formula is C12H20O2S. The molecule has 86 valence electrons. The van der Waals surface area contributed by atoms with Gasteiger partial charge in [-0.05, 0) is 30.2 Å². The zero-order valence-corrected chi connectivity index (χ0v) is 10.5. The molecule has 0 radical (unpaired) electrons. The maximum atomic E-state index is 10.4. The summed E-state index contributed by atoms with van der Waals surface area (Å²) in [5, 5.41) is 12.4. The third kappa shape index (κ3) is 3.59. The summed E-state index contributed by atoms with van der Waals surface area (Å²) in [7, 11) is 1.64. The van der Waals surface area contributed by atoms with E-state index in [0.717, 1.165) is 12.8 Å². The molecule has 0 aliphatic carbocycles. The Morgan fingerprint density at radius 2 is 2.27 bits per heavy atom. The number of thiophene rings is 1. The molecule has 0 spiro atoms. The van der Waals surface area contributed by atoms with Crippen molar-refractivity contribution in [2.24, 2.45) is 5.92 Å². The molecule has 1 unspecified atom stereocenters. The third-order valence-corrected chi connectivity index (χ3v) is 3.79. The summed E-state index contributed by atoms with van der Waals surface area (Å²) in [6.07, 6.45) is 1.69. The lowest BCUT2D eigenvalue weighted by Crippen LogP contribution is -2.40. The van der Waals surface area contributed by atoms with Crippen molar-refractivity contribution in [1.29, 1.82) is 0 Å².